The highest BCUT2D eigenvalue weighted by molar-refractivity contribution is 6.30. The van der Waals surface area contributed by atoms with E-state index >= 15 is 0 Å². The number of Topliss-reactive ketones (excluding diaryl/α,β-unsaturated/α-hetero) is 1. The molecule has 1 atom stereocenters. The Hall–Kier alpha value is -2.27. The summed E-state index contributed by atoms with van der Waals surface area (Å²) in [5.41, 5.74) is 2.83. The van der Waals surface area contributed by atoms with Gasteiger partial charge in [0.2, 0.25) is 0 Å². The molecule has 112 valence electrons. The number of aromatic nitrogens is 1. The van der Waals surface area contributed by atoms with Crippen LogP contribution >= 0.6 is 11.6 Å². The van der Waals surface area contributed by atoms with Crippen LogP contribution in [0.2, 0.25) is 5.02 Å². The number of rotatable bonds is 4. The Morgan fingerprint density at radius 3 is 2.57 bits per heavy atom. The molecule has 0 radical (unpaired) electrons. The highest BCUT2D eigenvalue weighted by atomic mass is 35.5. The summed E-state index contributed by atoms with van der Waals surface area (Å²) in [5.74, 6) is -2.27. The zero-order valence-corrected chi connectivity index (χ0v) is 11.2. The van der Waals surface area contributed by atoms with E-state index in [9.17, 15) is 22.8 Å². The Morgan fingerprint density at radius 2 is 2.14 bits per heavy atom. The lowest BCUT2D eigenvalue weighted by molar-refractivity contribution is -0.138. The van der Waals surface area contributed by atoms with Crippen molar-refractivity contribution in [3.63, 3.8) is 0 Å². The van der Waals surface area contributed by atoms with E-state index in [2.05, 4.69) is 6.58 Å². The lowest BCUT2D eigenvalue weighted by atomic mass is 10.0. The third-order valence-electron chi connectivity index (χ3n) is 2.52. The summed E-state index contributed by atoms with van der Waals surface area (Å²) in [5, 5.41) is 8.06. The van der Waals surface area contributed by atoms with Crippen LogP contribution in [0.5, 0.6) is 0 Å². The van der Waals surface area contributed by atoms with Gasteiger partial charge in [0.15, 0.2) is 5.78 Å². The van der Waals surface area contributed by atoms with Crippen molar-refractivity contribution in [3.05, 3.63) is 45.5 Å². The molecule has 0 aliphatic carbocycles. The van der Waals surface area contributed by atoms with E-state index in [0.29, 0.717) is 16.8 Å². The predicted molar refractivity (Wildman–Crippen MR) is 68.2 cm³/mol. The minimum absolute atomic E-state index is 0.256. The van der Waals surface area contributed by atoms with Crippen LogP contribution in [0.4, 0.5) is 13.2 Å². The first-order chi connectivity index (χ1) is 9.57. The van der Waals surface area contributed by atoms with E-state index in [-0.39, 0.29) is 5.70 Å². The van der Waals surface area contributed by atoms with Gasteiger partial charge in [0.05, 0.1) is 18.2 Å². The molecule has 0 aliphatic rings. The van der Waals surface area contributed by atoms with Crippen LogP contribution < -0.4 is 11.3 Å². The van der Waals surface area contributed by atoms with Gasteiger partial charge < -0.3 is 10.3 Å². The molecule has 0 aromatic carbocycles. The normalized spacial score (nSPS) is 12.5. The van der Waals surface area contributed by atoms with Crippen molar-refractivity contribution in [3.8, 4) is 6.07 Å². The number of alkyl halides is 3. The number of carbonyl (C=O) groups excluding carboxylic acids is 1. The highest BCUT2D eigenvalue weighted by Gasteiger charge is 2.32. The number of hydrogen-bond acceptors (Lipinski definition) is 4. The van der Waals surface area contributed by atoms with Crippen molar-refractivity contribution in [1.29, 1.82) is 5.26 Å². The largest absolute Gasteiger partial charge is 0.417 e. The van der Waals surface area contributed by atoms with E-state index in [4.69, 9.17) is 22.6 Å². The van der Waals surface area contributed by atoms with Gasteiger partial charge in [0.1, 0.15) is 10.9 Å². The maximum Gasteiger partial charge on any atom is 0.417 e. The molecule has 9 heteroatoms. The molecule has 0 bridgehead atoms. The van der Waals surface area contributed by atoms with Gasteiger partial charge in [0.25, 0.3) is 5.56 Å². The number of nitrogens with two attached hydrogens (primary N) is 1. The Bertz CT molecular complexity index is 688. The molecule has 21 heavy (non-hydrogen) atoms. The highest BCUT2D eigenvalue weighted by Crippen LogP contribution is 2.29. The number of pyridine rings is 1. The first-order valence-electron chi connectivity index (χ1n) is 5.41. The average Bonchev–Trinajstić information content (AvgIpc) is 2.33. The Labute approximate surface area is 122 Å². The Morgan fingerprint density at radius 1 is 1.57 bits per heavy atom. The van der Waals surface area contributed by atoms with Gasteiger partial charge in [-0.3, -0.25) is 9.59 Å². The number of carbonyl (C=O) groups is 1. The monoisotopic (exact) mass is 319 g/mol. The van der Waals surface area contributed by atoms with E-state index in [0.717, 1.165) is 0 Å². The molecule has 5 nitrogen and oxygen atoms in total. The van der Waals surface area contributed by atoms with Crippen molar-refractivity contribution >= 4 is 17.4 Å². The molecule has 0 amide bonds. The number of nitriles is 1. The van der Waals surface area contributed by atoms with E-state index in [1.165, 1.54) is 0 Å². The first-order valence-corrected chi connectivity index (χ1v) is 5.79. The molecule has 2 N–H and O–H groups in total. The molecule has 0 fully saturated rings. The molecule has 1 rings (SSSR count). The lowest BCUT2D eigenvalue weighted by Crippen LogP contribution is -2.30. The fourth-order valence-electron chi connectivity index (χ4n) is 1.49. The van der Waals surface area contributed by atoms with E-state index in [1.54, 1.807) is 6.07 Å². The maximum absolute atomic E-state index is 12.6. The first kappa shape index (κ1) is 16.8. The molecular weight excluding hydrogens is 311 g/mol. The minimum atomic E-state index is -4.73. The average molecular weight is 320 g/mol. The van der Waals surface area contributed by atoms with E-state index in [1.807, 2.05) is 0 Å². The van der Waals surface area contributed by atoms with Crippen LogP contribution in [0.3, 0.4) is 0 Å². The topological polar surface area (TPSA) is 88.9 Å². The number of hydrogen-bond donors (Lipinski definition) is 1. The minimum Gasteiger partial charge on any atom is -0.401 e. The standard InChI is InChI=1S/C12H9ClF3N3O2/c1-6(18)8(3-17)10(20)5-19-4-7(12(14,15)16)2-9(13)11(19)21/h2,4,8H,1,5,18H2/t8-/m1/s1. The molecule has 1 heterocycles. The molecule has 1 aromatic rings. The molecule has 0 aliphatic heterocycles. The summed E-state index contributed by atoms with van der Waals surface area (Å²) in [6.07, 6.45) is -4.27. The fourth-order valence-corrected chi connectivity index (χ4v) is 1.72. The second-order valence-electron chi connectivity index (χ2n) is 4.11. The summed E-state index contributed by atoms with van der Waals surface area (Å²) >= 11 is 5.43. The van der Waals surface area contributed by atoms with Crippen LogP contribution in [0.25, 0.3) is 0 Å². The third-order valence-corrected chi connectivity index (χ3v) is 2.79. The molecule has 0 spiro atoms. The van der Waals surface area contributed by atoms with Gasteiger partial charge >= 0.3 is 6.18 Å². The summed E-state index contributed by atoms with van der Waals surface area (Å²) < 4.78 is 38.4. The van der Waals surface area contributed by atoms with Crippen LogP contribution in [0.15, 0.2) is 29.3 Å². The van der Waals surface area contributed by atoms with Crippen molar-refractivity contribution in [1.82, 2.24) is 4.57 Å². The molecular formula is C12H9ClF3N3O2. The second kappa shape index (κ2) is 6.01. The summed E-state index contributed by atoms with van der Waals surface area (Å²) in [7, 11) is 0. The number of halogens is 4. The van der Waals surface area contributed by atoms with Gasteiger partial charge in [-0.15, -0.1) is 0 Å². The smallest absolute Gasteiger partial charge is 0.401 e. The van der Waals surface area contributed by atoms with Crippen LogP contribution in [0, 0.1) is 17.2 Å². The quantitative estimate of drug-likeness (QED) is 0.914. The molecule has 0 unspecified atom stereocenters. The second-order valence-corrected chi connectivity index (χ2v) is 4.52. The number of allylic oxidation sites excluding steroid dienone is 1. The van der Waals surface area contributed by atoms with Gasteiger partial charge in [0, 0.05) is 11.9 Å². The molecule has 0 saturated heterocycles. The van der Waals surface area contributed by atoms with Gasteiger partial charge in [-0.25, -0.2) is 0 Å². The lowest BCUT2D eigenvalue weighted by Gasteiger charge is -2.13. The van der Waals surface area contributed by atoms with Gasteiger partial charge in [-0.2, -0.15) is 18.4 Å². The number of ketones is 1. The van der Waals surface area contributed by atoms with Gasteiger partial charge in [-0.1, -0.05) is 18.2 Å². The van der Waals surface area contributed by atoms with Gasteiger partial charge in [-0.05, 0) is 6.07 Å². The zero-order chi connectivity index (χ0) is 16.4. The molecule has 1 aromatic heterocycles. The van der Waals surface area contributed by atoms with Crippen LogP contribution in [-0.2, 0) is 17.5 Å². The van der Waals surface area contributed by atoms with Crippen molar-refractivity contribution in [2.75, 3.05) is 0 Å². The predicted octanol–water partition coefficient (Wildman–Crippen LogP) is 1.70. The maximum atomic E-state index is 12.6. The Kier molecular flexibility index (Phi) is 4.80. The SMILES string of the molecule is C=C(N)[C@@H](C#N)C(=O)Cn1cc(C(F)(F)F)cc(Cl)c1=O. The summed E-state index contributed by atoms with van der Waals surface area (Å²) in [6, 6.07) is 2.02. The number of nitrogens with zero attached hydrogens (tertiary/aromatic N) is 2. The van der Waals surface area contributed by atoms with Crippen LogP contribution in [-0.4, -0.2) is 10.4 Å². The van der Waals surface area contributed by atoms with Crippen molar-refractivity contribution in [2.45, 2.75) is 12.7 Å². The third kappa shape index (κ3) is 3.86. The Balaban J connectivity index is 3.24. The zero-order valence-electron chi connectivity index (χ0n) is 10.4. The van der Waals surface area contributed by atoms with Crippen molar-refractivity contribution in [2.24, 2.45) is 11.7 Å². The van der Waals surface area contributed by atoms with Crippen molar-refractivity contribution < 1.29 is 18.0 Å². The summed E-state index contributed by atoms with van der Waals surface area (Å²) in [4.78, 5) is 23.4. The van der Waals surface area contributed by atoms with E-state index < -0.39 is 40.6 Å². The van der Waals surface area contributed by atoms with Crippen LogP contribution in [0.1, 0.15) is 5.56 Å². The summed E-state index contributed by atoms with van der Waals surface area (Å²) in [6.45, 7) is 2.46. The fraction of sp³-hybridized carbons (Fsp3) is 0.250. The molecule has 0 saturated carbocycles.